The number of hydrogen-bond acceptors (Lipinski definition) is 4. The Kier molecular flexibility index (Phi) is 5.82. The van der Waals surface area contributed by atoms with Crippen molar-refractivity contribution in [1.82, 2.24) is 5.32 Å². The number of aliphatic carboxylic acids is 1. The summed E-state index contributed by atoms with van der Waals surface area (Å²) in [5.41, 5.74) is -0.634. The maximum atomic E-state index is 13.3. The van der Waals surface area contributed by atoms with Gasteiger partial charge in [0.15, 0.2) is 0 Å². The molecule has 3 N–H and O–H groups in total. The van der Waals surface area contributed by atoms with Crippen molar-refractivity contribution >= 4 is 17.6 Å². The minimum Gasteiger partial charge on any atom is -0.481 e. The third kappa shape index (κ3) is 5.28. The first kappa shape index (κ1) is 16.1. The molecule has 1 aromatic rings. The van der Waals surface area contributed by atoms with Gasteiger partial charge in [0.05, 0.1) is 12.1 Å². The molecular weight excluding hydrogens is 284 g/mol. The minimum atomic E-state index is -1.10. The van der Waals surface area contributed by atoms with Gasteiger partial charge in [0.2, 0.25) is 0 Å². The number of rotatable bonds is 6. The van der Waals surface area contributed by atoms with Gasteiger partial charge in [-0.1, -0.05) is 0 Å². The van der Waals surface area contributed by atoms with Crippen molar-refractivity contribution in [1.29, 1.82) is 5.26 Å². The van der Waals surface area contributed by atoms with Crippen LogP contribution in [0.25, 0.3) is 0 Å². The molecule has 0 fully saturated rings. The number of nitriles is 1. The van der Waals surface area contributed by atoms with Crippen molar-refractivity contribution in [2.75, 3.05) is 11.9 Å². The van der Waals surface area contributed by atoms with E-state index >= 15 is 0 Å². The standard InChI is InChI=1S/C13H11F2N3O3/c14-9-1-2-10(15)11(5-9)18-7-8(6-16)13(21)17-4-3-12(19)20/h1-2,5,7,18H,3-4H2,(H,17,21)(H,19,20)/b8-7-. The number of nitrogens with one attached hydrogen (secondary N) is 2. The third-order valence-electron chi connectivity index (χ3n) is 2.29. The van der Waals surface area contributed by atoms with Gasteiger partial charge in [-0.05, 0) is 12.1 Å². The van der Waals surface area contributed by atoms with Gasteiger partial charge >= 0.3 is 5.97 Å². The van der Waals surface area contributed by atoms with Crippen molar-refractivity contribution in [3.8, 4) is 6.07 Å². The highest BCUT2D eigenvalue weighted by Crippen LogP contribution is 2.15. The number of carbonyl (C=O) groups excluding carboxylic acids is 1. The van der Waals surface area contributed by atoms with Crippen LogP contribution in [0.15, 0.2) is 30.0 Å². The van der Waals surface area contributed by atoms with E-state index in [0.717, 1.165) is 24.4 Å². The zero-order valence-electron chi connectivity index (χ0n) is 10.7. The topological polar surface area (TPSA) is 102 Å². The molecule has 0 aromatic heterocycles. The van der Waals surface area contributed by atoms with Gasteiger partial charge in [-0.2, -0.15) is 5.26 Å². The van der Waals surface area contributed by atoms with Crippen molar-refractivity contribution < 1.29 is 23.5 Å². The normalized spacial score (nSPS) is 10.6. The summed E-state index contributed by atoms with van der Waals surface area (Å²) in [6, 6.07) is 4.25. The molecule has 0 atom stereocenters. The van der Waals surface area contributed by atoms with Crippen molar-refractivity contribution in [2.24, 2.45) is 0 Å². The number of nitrogens with zero attached hydrogens (tertiary/aromatic N) is 1. The molecule has 0 saturated carbocycles. The van der Waals surface area contributed by atoms with Crippen LogP contribution in [0.5, 0.6) is 0 Å². The van der Waals surface area contributed by atoms with E-state index in [-0.39, 0.29) is 18.7 Å². The number of anilines is 1. The van der Waals surface area contributed by atoms with E-state index in [1.165, 1.54) is 0 Å². The van der Waals surface area contributed by atoms with E-state index < -0.39 is 29.1 Å². The van der Waals surface area contributed by atoms with Crippen LogP contribution in [-0.2, 0) is 9.59 Å². The molecule has 0 unspecified atom stereocenters. The molecule has 0 saturated heterocycles. The number of carboxylic acids is 1. The van der Waals surface area contributed by atoms with E-state index in [1.807, 2.05) is 0 Å². The highest BCUT2D eigenvalue weighted by molar-refractivity contribution is 5.97. The van der Waals surface area contributed by atoms with Crippen LogP contribution >= 0.6 is 0 Å². The zero-order valence-corrected chi connectivity index (χ0v) is 10.7. The van der Waals surface area contributed by atoms with Crippen molar-refractivity contribution in [2.45, 2.75) is 6.42 Å². The van der Waals surface area contributed by atoms with Crippen LogP contribution in [-0.4, -0.2) is 23.5 Å². The molecule has 0 bridgehead atoms. The number of carbonyl (C=O) groups is 2. The van der Waals surface area contributed by atoms with Crippen LogP contribution in [0.2, 0.25) is 0 Å². The number of amides is 1. The summed E-state index contributed by atoms with van der Waals surface area (Å²) in [7, 11) is 0. The summed E-state index contributed by atoms with van der Waals surface area (Å²) >= 11 is 0. The Balaban J connectivity index is 2.71. The summed E-state index contributed by atoms with van der Waals surface area (Å²) in [6.07, 6.45) is 0.615. The Morgan fingerprint density at radius 2 is 2.10 bits per heavy atom. The first-order valence-corrected chi connectivity index (χ1v) is 5.76. The molecule has 1 aromatic carbocycles. The molecule has 0 heterocycles. The van der Waals surface area contributed by atoms with E-state index in [1.54, 1.807) is 6.07 Å². The van der Waals surface area contributed by atoms with Crippen LogP contribution < -0.4 is 10.6 Å². The molecule has 0 spiro atoms. The van der Waals surface area contributed by atoms with Gasteiger partial charge in [-0.25, -0.2) is 8.78 Å². The lowest BCUT2D eigenvalue weighted by Crippen LogP contribution is -2.27. The van der Waals surface area contributed by atoms with Crippen molar-refractivity contribution in [3.63, 3.8) is 0 Å². The first-order valence-electron chi connectivity index (χ1n) is 5.76. The Hall–Kier alpha value is -2.95. The summed E-state index contributed by atoms with van der Waals surface area (Å²) in [5, 5.41) is 21.7. The number of benzene rings is 1. The third-order valence-corrected chi connectivity index (χ3v) is 2.29. The summed E-state index contributed by atoms with van der Waals surface area (Å²) in [6.45, 7) is -0.151. The molecule has 0 aliphatic carbocycles. The van der Waals surface area contributed by atoms with Crippen LogP contribution in [0.3, 0.4) is 0 Å². The lowest BCUT2D eigenvalue weighted by molar-refractivity contribution is -0.136. The predicted molar refractivity (Wildman–Crippen MR) is 68.9 cm³/mol. The summed E-state index contributed by atoms with van der Waals surface area (Å²) < 4.78 is 26.2. The van der Waals surface area contributed by atoms with E-state index in [2.05, 4.69) is 10.6 Å². The second-order valence-corrected chi connectivity index (χ2v) is 3.84. The van der Waals surface area contributed by atoms with Gasteiger partial charge in [-0.3, -0.25) is 9.59 Å². The molecular formula is C13H11F2N3O3. The Bertz CT molecular complexity index is 624. The first-order chi connectivity index (χ1) is 9.93. The van der Waals surface area contributed by atoms with Gasteiger partial charge in [0, 0.05) is 18.8 Å². The van der Waals surface area contributed by atoms with Crippen molar-refractivity contribution in [3.05, 3.63) is 41.6 Å². The lowest BCUT2D eigenvalue weighted by atomic mass is 10.2. The molecule has 0 aliphatic heterocycles. The Morgan fingerprint density at radius 1 is 1.38 bits per heavy atom. The molecule has 8 heteroatoms. The second kappa shape index (κ2) is 7.59. The maximum absolute atomic E-state index is 13.3. The number of hydrogen-bond donors (Lipinski definition) is 3. The molecule has 0 aliphatic rings. The van der Waals surface area contributed by atoms with Gasteiger partial charge in [0.1, 0.15) is 23.3 Å². The summed E-state index contributed by atoms with van der Waals surface area (Å²) in [4.78, 5) is 21.8. The molecule has 0 radical (unpaired) electrons. The largest absolute Gasteiger partial charge is 0.481 e. The van der Waals surface area contributed by atoms with E-state index in [4.69, 9.17) is 10.4 Å². The Morgan fingerprint density at radius 3 is 2.71 bits per heavy atom. The van der Waals surface area contributed by atoms with Gasteiger partial charge in [-0.15, -0.1) is 0 Å². The fraction of sp³-hybridized carbons (Fsp3) is 0.154. The monoisotopic (exact) mass is 295 g/mol. The molecule has 110 valence electrons. The fourth-order valence-electron chi connectivity index (χ4n) is 1.28. The molecule has 1 amide bonds. The second-order valence-electron chi connectivity index (χ2n) is 3.84. The molecule has 6 nitrogen and oxygen atoms in total. The smallest absolute Gasteiger partial charge is 0.305 e. The van der Waals surface area contributed by atoms with E-state index in [9.17, 15) is 18.4 Å². The maximum Gasteiger partial charge on any atom is 0.305 e. The highest BCUT2D eigenvalue weighted by atomic mass is 19.1. The van der Waals surface area contributed by atoms with Gasteiger partial charge < -0.3 is 15.7 Å². The quantitative estimate of drug-likeness (QED) is 0.543. The number of halogens is 2. The average Bonchev–Trinajstić information content (AvgIpc) is 2.42. The predicted octanol–water partition coefficient (Wildman–Crippen LogP) is 1.38. The van der Waals surface area contributed by atoms with Crippen LogP contribution in [0, 0.1) is 23.0 Å². The lowest BCUT2D eigenvalue weighted by Gasteiger charge is -2.05. The van der Waals surface area contributed by atoms with E-state index in [0.29, 0.717) is 0 Å². The fourth-order valence-corrected chi connectivity index (χ4v) is 1.28. The zero-order chi connectivity index (χ0) is 15.8. The minimum absolute atomic E-state index is 0.151. The van der Waals surface area contributed by atoms with Crippen LogP contribution in [0.4, 0.5) is 14.5 Å². The SMILES string of the molecule is N#C/C(=C/Nc1cc(F)ccc1F)C(=O)NCCC(=O)O. The molecule has 21 heavy (non-hydrogen) atoms. The van der Waals surface area contributed by atoms with Crippen LogP contribution in [0.1, 0.15) is 6.42 Å². The molecule has 1 rings (SSSR count). The average molecular weight is 295 g/mol. The Labute approximate surface area is 118 Å². The number of carboxylic acid groups (broad SMARTS) is 1. The van der Waals surface area contributed by atoms with Gasteiger partial charge in [0.25, 0.3) is 5.91 Å². The highest BCUT2D eigenvalue weighted by Gasteiger charge is 2.10. The summed E-state index contributed by atoms with van der Waals surface area (Å²) in [5.74, 6) is -3.35.